The van der Waals surface area contributed by atoms with Gasteiger partial charge in [-0.2, -0.15) is 0 Å². The van der Waals surface area contributed by atoms with Crippen molar-refractivity contribution in [2.24, 2.45) is 0 Å². The molecule has 3 heteroatoms. The molecule has 0 aromatic heterocycles. The number of nitrogens with two attached hydrogens (primary N) is 1. The van der Waals surface area contributed by atoms with E-state index in [0.717, 1.165) is 25.2 Å². The molecule has 0 radical (unpaired) electrons. The lowest BCUT2D eigenvalue weighted by atomic mass is 10.0. The minimum atomic E-state index is -0.0666. The first kappa shape index (κ1) is 16.0. The lowest BCUT2D eigenvalue weighted by Gasteiger charge is -2.31. The zero-order chi connectivity index (χ0) is 14.5. The third-order valence-corrected chi connectivity index (χ3v) is 3.62. The monoisotopic (exact) mass is 264 g/mol. The minimum absolute atomic E-state index is 0.0666. The van der Waals surface area contributed by atoms with Crippen molar-refractivity contribution in [3.05, 3.63) is 29.8 Å². The van der Waals surface area contributed by atoms with Crippen LogP contribution in [0.25, 0.3) is 0 Å². The van der Waals surface area contributed by atoms with Gasteiger partial charge in [0.05, 0.1) is 5.60 Å². The van der Waals surface area contributed by atoms with Gasteiger partial charge in [0.25, 0.3) is 0 Å². The summed E-state index contributed by atoms with van der Waals surface area (Å²) in [6.07, 6.45) is 1.02. The maximum Gasteiger partial charge on any atom is 0.0634 e. The van der Waals surface area contributed by atoms with Crippen molar-refractivity contribution >= 4 is 5.69 Å². The highest BCUT2D eigenvalue weighted by Gasteiger charge is 2.19. The van der Waals surface area contributed by atoms with Crippen LogP contribution >= 0.6 is 0 Å². The van der Waals surface area contributed by atoms with E-state index >= 15 is 0 Å². The van der Waals surface area contributed by atoms with E-state index in [9.17, 15) is 0 Å². The summed E-state index contributed by atoms with van der Waals surface area (Å²) in [5, 5.41) is 0. The van der Waals surface area contributed by atoms with E-state index in [0.29, 0.717) is 6.04 Å². The largest absolute Gasteiger partial charge is 0.399 e. The van der Waals surface area contributed by atoms with Gasteiger partial charge in [-0.05, 0) is 51.8 Å². The number of nitrogens with zero attached hydrogens (tertiary/aromatic N) is 1. The van der Waals surface area contributed by atoms with Gasteiger partial charge in [0.15, 0.2) is 0 Å². The van der Waals surface area contributed by atoms with Crippen LogP contribution in [0, 0.1) is 0 Å². The Morgan fingerprint density at radius 1 is 1.32 bits per heavy atom. The Morgan fingerprint density at radius 2 is 2.00 bits per heavy atom. The molecule has 19 heavy (non-hydrogen) atoms. The summed E-state index contributed by atoms with van der Waals surface area (Å²) in [6, 6.07) is 8.64. The highest BCUT2D eigenvalue weighted by Crippen LogP contribution is 2.17. The first-order chi connectivity index (χ1) is 8.84. The number of hydrogen-bond acceptors (Lipinski definition) is 3. The summed E-state index contributed by atoms with van der Waals surface area (Å²) >= 11 is 0. The van der Waals surface area contributed by atoms with E-state index in [1.165, 1.54) is 5.56 Å². The second kappa shape index (κ2) is 6.92. The van der Waals surface area contributed by atoms with Gasteiger partial charge in [-0.25, -0.2) is 0 Å². The number of nitrogen functional groups attached to an aromatic ring is 1. The van der Waals surface area contributed by atoms with Crippen LogP contribution in [0.15, 0.2) is 24.3 Å². The molecule has 0 amide bonds. The zero-order valence-electron chi connectivity index (χ0n) is 12.9. The van der Waals surface area contributed by atoms with Crippen LogP contribution < -0.4 is 5.73 Å². The molecule has 0 aliphatic heterocycles. The highest BCUT2D eigenvalue weighted by molar-refractivity contribution is 5.40. The standard InChI is InChI=1S/C16H28N2O/c1-13(2)18(10-9-16(3,4)19-5)12-14-7-6-8-15(17)11-14/h6-8,11,13H,9-10,12,17H2,1-5H3. The second-order valence-corrected chi connectivity index (χ2v) is 6.02. The Bertz CT molecular complexity index is 388. The summed E-state index contributed by atoms with van der Waals surface area (Å²) in [5.41, 5.74) is 7.87. The number of ether oxygens (including phenoxy) is 1. The Labute approximate surface area is 117 Å². The molecule has 1 aromatic carbocycles. The lowest BCUT2D eigenvalue weighted by molar-refractivity contribution is 0.00425. The van der Waals surface area contributed by atoms with Gasteiger partial charge in [-0.1, -0.05) is 12.1 Å². The Morgan fingerprint density at radius 3 is 2.53 bits per heavy atom. The highest BCUT2D eigenvalue weighted by atomic mass is 16.5. The quantitative estimate of drug-likeness (QED) is 0.768. The number of benzene rings is 1. The molecule has 0 saturated heterocycles. The fraction of sp³-hybridized carbons (Fsp3) is 0.625. The molecule has 0 aliphatic carbocycles. The first-order valence-corrected chi connectivity index (χ1v) is 6.97. The van der Waals surface area contributed by atoms with E-state index in [4.69, 9.17) is 10.5 Å². The number of hydrogen-bond donors (Lipinski definition) is 1. The second-order valence-electron chi connectivity index (χ2n) is 6.02. The van der Waals surface area contributed by atoms with Crippen LogP contribution in [0.4, 0.5) is 5.69 Å². The zero-order valence-corrected chi connectivity index (χ0v) is 12.9. The number of anilines is 1. The van der Waals surface area contributed by atoms with E-state index in [2.05, 4.69) is 44.7 Å². The van der Waals surface area contributed by atoms with Crippen molar-refractivity contribution in [3.8, 4) is 0 Å². The first-order valence-electron chi connectivity index (χ1n) is 6.97. The maximum atomic E-state index is 5.84. The van der Waals surface area contributed by atoms with Gasteiger partial charge in [0.2, 0.25) is 0 Å². The van der Waals surface area contributed by atoms with Crippen molar-refractivity contribution in [2.45, 2.75) is 52.3 Å². The van der Waals surface area contributed by atoms with Gasteiger partial charge in [0, 0.05) is 31.9 Å². The molecule has 0 unspecified atom stereocenters. The smallest absolute Gasteiger partial charge is 0.0634 e. The Hall–Kier alpha value is -1.06. The third kappa shape index (κ3) is 5.62. The molecule has 0 fully saturated rings. The molecule has 0 spiro atoms. The normalized spacial score (nSPS) is 12.4. The van der Waals surface area contributed by atoms with Gasteiger partial charge in [-0.3, -0.25) is 4.90 Å². The average Bonchev–Trinajstić information content (AvgIpc) is 2.34. The predicted octanol–water partition coefficient (Wildman–Crippen LogP) is 3.29. The molecule has 1 aromatic rings. The molecule has 0 bridgehead atoms. The summed E-state index contributed by atoms with van der Waals surface area (Å²) in [4.78, 5) is 2.45. The van der Waals surface area contributed by atoms with Crippen molar-refractivity contribution in [3.63, 3.8) is 0 Å². The summed E-state index contributed by atoms with van der Waals surface area (Å²) in [5.74, 6) is 0. The molecular formula is C16H28N2O. The lowest BCUT2D eigenvalue weighted by Crippen LogP contribution is -2.36. The molecule has 108 valence electrons. The van der Waals surface area contributed by atoms with Gasteiger partial charge in [0.1, 0.15) is 0 Å². The van der Waals surface area contributed by atoms with Crippen molar-refractivity contribution < 1.29 is 4.74 Å². The van der Waals surface area contributed by atoms with E-state index in [-0.39, 0.29) is 5.60 Å². The van der Waals surface area contributed by atoms with Crippen LogP contribution in [-0.2, 0) is 11.3 Å². The maximum absolute atomic E-state index is 5.84. The van der Waals surface area contributed by atoms with Gasteiger partial charge < -0.3 is 10.5 Å². The van der Waals surface area contributed by atoms with Crippen LogP contribution in [-0.4, -0.2) is 30.2 Å². The number of methoxy groups -OCH3 is 1. The molecule has 0 aliphatic rings. The van der Waals surface area contributed by atoms with Crippen LogP contribution in [0.5, 0.6) is 0 Å². The van der Waals surface area contributed by atoms with Crippen LogP contribution in [0.1, 0.15) is 39.7 Å². The third-order valence-electron chi connectivity index (χ3n) is 3.62. The summed E-state index contributed by atoms with van der Waals surface area (Å²) < 4.78 is 5.49. The summed E-state index contributed by atoms with van der Waals surface area (Å²) in [7, 11) is 1.78. The molecule has 0 saturated carbocycles. The summed E-state index contributed by atoms with van der Waals surface area (Å²) in [6.45, 7) is 10.7. The van der Waals surface area contributed by atoms with Crippen molar-refractivity contribution in [1.29, 1.82) is 0 Å². The fourth-order valence-corrected chi connectivity index (χ4v) is 1.96. The molecule has 1 rings (SSSR count). The van der Waals surface area contributed by atoms with Crippen molar-refractivity contribution in [2.75, 3.05) is 19.4 Å². The molecule has 3 nitrogen and oxygen atoms in total. The number of rotatable bonds is 7. The molecule has 2 N–H and O–H groups in total. The van der Waals surface area contributed by atoms with Gasteiger partial charge in [-0.15, -0.1) is 0 Å². The van der Waals surface area contributed by atoms with E-state index in [1.54, 1.807) is 7.11 Å². The van der Waals surface area contributed by atoms with Crippen LogP contribution in [0.2, 0.25) is 0 Å². The topological polar surface area (TPSA) is 38.5 Å². The predicted molar refractivity (Wildman–Crippen MR) is 82.1 cm³/mol. The van der Waals surface area contributed by atoms with Crippen molar-refractivity contribution in [1.82, 2.24) is 4.90 Å². The van der Waals surface area contributed by atoms with E-state index < -0.39 is 0 Å². The minimum Gasteiger partial charge on any atom is -0.399 e. The average molecular weight is 264 g/mol. The molecular weight excluding hydrogens is 236 g/mol. The molecule has 0 heterocycles. The SMILES string of the molecule is COC(C)(C)CCN(Cc1cccc(N)c1)C(C)C. The van der Waals surface area contributed by atoms with Gasteiger partial charge >= 0.3 is 0 Å². The van der Waals surface area contributed by atoms with Crippen LogP contribution in [0.3, 0.4) is 0 Å². The Balaban J connectivity index is 2.63. The fourth-order valence-electron chi connectivity index (χ4n) is 1.96. The molecule has 0 atom stereocenters. The Kier molecular flexibility index (Phi) is 5.83. The van der Waals surface area contributed by atoms with E-state index in [1.807, 2.05) is 12.1 Å².